The predicted octanol–water partition coefficient (Wildman–Crippen LogP) is 2.84. The molecule has 0 saturated carbocycles. The molecule has 2 aromatic heterocycles. The summed E-state index contributed by atoms with van der Waals surface area (Å²) in [6.45, 7) is 1.94. The molecule has 2 heterocycles. The largest absolute Gasteiger partial charge is 0.216 e. The average molecular weight is 218 g/mol. The molecule has 0 aliphatic carbocycles. The number of aromatic nitrogens is 3. The summed E-state index contributed by atoms with van der Waals surface area (Å²) in [7, 11) is 0. The SMILES string of the molecule is Cc1cc2nc(Cl)c3ccccc3n2n1. The summed E-state index contributed by atoms with van der Waals surface area (Å²) in [6, 6.07) is 9.76. The average Bonchev–Trinajstić information content (AvgIpc) is 2.59. The van der Waals surface area contributed by atoms with E-state index < -0.39 is 0 Å². The zero-order valence-corrected chi connectivity index (χ0v) is 8.86. The van der Waals surface area contributed by atoms with Crippen molar-refractivity contribution in [2.75, 3.05) is 0 Å². The molecule has 0 bridgehead atoms. The molecule has 0 amide bonds. The van der Waals surface area contributed by atoms with Crippen molar-refractivity contribution in [3.63, 3.8) is 0 Å². The fraction of sp³-hybridized carbons (Fsp3) is 0.0909. The van der Waals surface area contributed by atoms with Crippen molar-refractivity contribution in [2.24, 2.45) is 0 Å². The summed E-state index contributed by atoms with van der Waals surface area (Å²) in [5, 5.41) is 5.83. The number of benzene rings is 1. The van der Waals surface area contributed by atoms with E-state index in [4.69, 9.17) is 11.6 Å². The molecule has 74 valence electrons. The first-order chi connectivity index (χ1) is 7.25. The van der Waals surface area contributed by atoms with Crippen LogP contribution in [0.2, 0.25) is 5.15 Å². The summed E-state index contributed by atoms with van der Waals surface area (Å²) >= 11 is 6.09. The number of hydrogen-bond donors (Lipinski definition) is 0. The molecule has 0 aliphatic rings. The zero-order valence-electron chi connectivity index (χ0n) is 8.11. The van der Waals surface area contributed by atoms with Gasteiger partial charge in [0.05, 0.1) is 11.2 Å². The first-order valence-electron chi connectivity index (χ1n) is 4.66. The van der Waals surface area contributed by atoms with Crippen molar-refractivity contribution in [2.45, 2.75) is 6.92 Å². The third-order valence-corrected chi connectivity index (χ3v) is 2.67. The summed E-state index contributed by atoms with van der Waals surface area (Å²) in [4.78, 5) is 4.29. The van der Waals surface area contributed by atoms with Crippen LogP contribution in [0, 0.1) is 6.92 Å². The minimum absolute atomic E-state index is 0.526. The van der Waals surface area contributed by atoms with Crippen LogP contribution in [0.15, 0.2) is 30.3 Å². The van der Waals surface area contributed by atoms with Crippen LogP contribution in [0.3, 0.4) is 0 Å². The molecule has 0 N–H and O–H groups in total. The van der Waals surface area contributed by atoms with E-state index in [1.807, 2.05) is 41.8 Å². The summed E-state index contributed by atoms with van der Waals surface area (Å²) in [5.74, 6) is 0. The highest BCUT2D eigenvalue weighted by atomic mass is 35.5. The maximum Gasteiger partial charge on any atom is 0.157 e. The Morgan fingerprint density at radius 3 is 2.93 bits per heavy atom. The molecule has 0 spiro atoms. The topological polar surface area (TPSA) is 30.2 Å². The van der Waals surface area contributed by atoms with E-state index in [1.54, 1.807) is 0 Å². The van der Waals surface area contributed by atoms with Crippen molar-refractivity contribution in [3.05, 3.63) is 41.2 Å². The first kappa shape index (κ1) is 8.68. The second-order valence-electron chi connectivity index (χ2n) is 3.48. The van der Waals surface area contributed by atoms with Gasteiger partial charge in [-0.3, -0.25) is 0 Å². The molecule has 3 aromatic rings. The lowest BCUT2D eigenvalue weighted by Gasteiger charge is -2.01. The molecule has 1 aromatic carbocycles. The van der Waals surface area contributed by atoms with E-state index in [1.165, 1.54) is 0 Å². The van der Waals surface area contributed by atoms with E-state index in [2.05, 4.69) is 10.1 Å². The highest BCUT2D eigenvalue weighted by Crippen LogP contribution is 2.22. The lowest BCUT2D eigenvalue weighted by Crippen LogP contribution is -1.93. The molecular formula is C11H8ClN3. The Balaban J connectivity index is 2.62. The number of aryl methyl sites for hydroxylation is 1. The fourth-order valence-electron chi connectivity index (χ4n) is 1.74. The second kappa shape index (κ2) is 2.94. The summed E-state index contributed by atoms with van der Waals surface area (Å²) in [5.41, 5.74) is 2.71. The Hall–Kier alpha value is -1.61. The van der Waals surface area contributed by atoms with E-state index in [0.29, 0.717) is 5.15 Å². The lowest BCUT2D eigenvalue weighted by molar-refractivity contribution is 0.956. The second-order valence-corrected chi connectivity index (χ2v) is 3.83. The van der Waals surface area contributed by atoms with Gasteiger partial charge in [0.15, 0.2) is 5.65 Å². The zero-order chi connectivity index (χ0) is 10.4. The molecule has 0 saturated heterocycles. The van der Waals surface area contributed by atoms with Crippen molar-refractivity contribution < 1.29 is 0 Å². The molecule has 0 radical (unpaired) electrons. The maximum absolute atomic E-state index is 6.09. The smallest absolute Gasteiger partial charge is 0.157 e. The Morgan fingerprint density at radius 2 is 2.07 bits per heavy atom. The van der Waals surface area contributed by atoms with E-state index >= 15 is 0 Å². The number of halogens is 1. The maximum atomic E-state index is 6.09. The van der Waals surface area contributed by atoms with Crippen LogP contribution < -0.4 is 0 Å². The molecule has 3 nitrogen and oxygen atoms in total. The minimum atomic E-state index is 0.526. The molecule has 0 atom stereocenters. The Bertz CT molecular complexity index is 657. The molecule has 3 rings (SSSR count). The van der Waals surface area contributed by atoms with Gasteiger partial charge >= 0.3 is 0 Å². The van der Waals surface area contributed by atoms with Gasteiger partial charge in [-0.2, -0.15) is 5.10 Å². The quantitative estimate of drug-likeness (QED) is 0.542. The summed E-state index contributed by atoms with van der Waals surface area (Å²) in [6.07, 6.45) is 0. The van der Waals surface area contributed by atoms with Gasteiger partial charge in [-0.05, 0) is 19.1 Å². The summed E-state index contributed by atoms with van der Waals surface area (Å²) < 4.78 is 1.82. The Kier molecular flexibility index (Phi) is 1.70. The van der Waals surface area contributed by atoms with Crippen LogP contribution in [0.5, 0.6) is 0 Å². The number of rotatable bonds is 0. The normalized spacial score (nSPS) is 11.3. The Labute approximate surface area is 91.3 Å². The van der Waals surface area contributed by atoms with Gasteiger partial charge in [-0.1, -0.05) is 23.7 Å². The van der Waals surface area contributed by atoms with Crippen LogP contribution in [-0.2, 0) is 0 Å². The number of fused-ring (bicyclic) bond motifs is 3. The molecule has 0 fully saturated rings. The Morgan fingerprint density at radius 1 is 1.27 bits per heavy atom. The third kappa shape index (κ3) is 1.20. The third-order valence-electron chi connectivity index (χ3n) is 2.38. The van der Waals surface area contributed by atoms with Crippen LogP contribution in [0.25, 0.3) is 16.6 Å². The lowest BCUT2D eigenvalue weighted by atomic mass is 10.2. The van der Waals surface area contributed by atoms with Crippen molar-refractivity contribution in [1.29, 1.82) is 0 Å². The van der Waals surface area contributed by atoms with Gasteiger partial charge in [0.2, 0.25) is 0 Å². The van der Waals surface area contributed by atoms with Crippen LogP contribution >= 0.6 is 11.6 Å². The van der Waals surface area contributed by atoms with Gasteiger partial charge in [-0.15, -0.1) is 0 Å². The van der Waals surface area contributed by atoms with Gasteiger partial charge in [-0.25, -0.2) is 9.50 Å². The fourth-order valence-corrected chi connectivity index (χ4v) is 1.98. The van der Waals surface area contributed by atoms with Gasteiger partial charge in [0, 0.05) is 11.5 Å². The number of hydrogen-bond acceptors (Lipinski definition) is 2. The minimum Gasteiger partial charge on any atom is -0.216 e. The van der Waals surface area contributed by atoms with Crippen molar-refractivity contribution >= 4 is 28.2 Å². The van der Waals surface area contributed by atoms with Crippen molar-refractivity contribution in [3.8, 4) is 0 Å². The monoisotopic (exact) mass is 217 g/mol. The highest BCUT2D eigenvalue weighted by Gasteiger charge is 2.07. The standard InChI is InChI=1S/C11H8ClN3/c1-7-6-10-13-11(12)8-4-2-3-5-9(8)15(10)14-7/h2-6H,1H3. The van der Waals surface area contributed by atoms with Crippen molar-refractivity contribution in [1.82, 2.24) is 14.6 Å². The van der Waals surface area contributed by atoms with Crippen LogP contribution in [0.4, 0.5) is 0 Å². The predicted molar refractivity (Wildman–Crippen MR) is 60.2 cm³/mol. The number of nitrogens with zero attached hydrogens (tertiary/aromatic N) is 3. The van der Waals surface area contributed by atoms with Gasteiger partial charge in [0.25, 0.3) is 0 Å². The highest BCUT2D eigenvalue weighted by molar-refractivity contribution is 6.34. The molecule has 0 aliphatic heterocycles. The van der Waals surface area contributed by atoms with Crippen LogP contribution in [0.1, 0.15) is 5.69 Å². The van der Waals surface area contributed by atoms with E-state index in [0.717, 1.165) is 22.2 Å². The van der Waals surface area contributed by atoms with E-state index in [9.17, 15) is 0 Å². The molecule has 4 heteroatoms. The van der Waals surface area contributed by atoms with Gasteiger partial charge in [0.1, 0.15) is 5.15 Å². The molecule has 0 unspecified atom stereocenters. The first-order valence-corrected chi connectivity index (χ1v) is 5.04. The van der Waals surface area contributed by atoms with Crippen LogP contribution in [-0.4, -0.2) is 14.6 Å². The molecule has 15 heavy (non-hydrogen) atoms. The van der Waals surface area contributed by atoms with Gasteiger partial charge < -0.3 is 0 Å². The number of para-hydroxylation sites is 1. The van der Waals surface area contributed by atoms with E-state index in [-0.39, 0.29) is 0 Å². The molecular weight excluding hydrogens is 210 g/mol.